The minimum absolute atomic E-state index is 0. The summed E-state index contributed by atoms with van der Waals surface area (Å²) in [6.07, 6.45) is 0. The predicted molar refractivity (Wildman–Crippen MR) is 54.0 cm³/mol. The van der Waals surface area contributed by atoms with Gasteiger partial charge in [0.05, 0.1) is 5.02 Å². The van der Waals surface area contributed by atoms with Gasteiger partial charge in [-0.3, -0.25) is 0 Å². The van der Waals surface area contributed by atoms with Gasteiger partial charge >= 0.3 is 51.4 Å². The summed E-state index contributed by atoms with van der Waals surface area (Å²) in [7, 11) is 0. The second-order valence-electron chi connectivity index (χ2n) is 1.54. The Morgan fingerprint density at radius 1 is 1.10 bits per heavy atom. The van der Waals surface area contributed by atoms with Crippen LogP contribution in [-0.4, -0.2) is 51.4 Å². The molecule has 0 spiro atoms. The van der Waals surface area contributed by atoms with E-state index in [1.165, 1.54) is 0 Å². The third-order valence-electron chi connectivity index (χ3n) is 0.904. The molecule has 0 fully saturated rings. The van der Waals surface area contributed by atoms with Crippen LogP contribution in [0.3, 0.4) is 0 Å². The number of hydrogen-bond donors (Lipinski definition) is 0. The first-order chi connectivity index (χ1) is 4.22. The molecule has 0 radical (unpaired) electrons. The Morgan fingerprint density at radius 3 is 1.80 bits per heavy atom. The average Bonchev–Trinajstić information content (AvgIpc) is 1.83. The van der Waals surface area contributed by atoms with Crippen LogP contribution in [0.25, 0.3) is 0 Å². The summed E-state index contributed by atoms with van der Waals surface area (Å²) in [5.41, 5.74) is 0. The molecule has 1 aromatic rings. The van der Waals surface area contributed by atoms with Gasteiger partial charge in [0.25, 0.3) is 0 Å². The average molecular weight is 310 g/mol. The molecule has 0 heterocycles. The SMILES string of the molecule is Clc1c(Br)cccc1Br.[KH]. The molecular formula is C6H4Br2ClK. The van der Waals surface area contributed by atoms with Gasteiger partial charge in [-0.15, -0.1) is 0 Å². The monoisotopic (exact) mass is 308 g/mol. The zero-order valence-corrected chi connectivity index (χ0v) is 8.29. The van der Waals surface area contributed by atoms with Gasteiger partial charge in [-0.2, -0.15) is 0 Å². The van der Waals surface area contributed by atoms with E-state index in [4.69, 9.17) is 11.6 Å². The van der Waals surface area contributed by atoms with Crippen LogP contribution in [0, 0.1) is 0 Å². The molecule has 0 bridgehead atoms. The number of hydrogen-bond acceptors (Lipinski definition) is 0. The van der Waals surface area contributed by atoms with Crippen LogP contribution in [0.5, 0.6) is 0 Å². The molecule has 0 unspecified atom stereocenters. The van der Waals surface area contributed by atoms with E-state index < -0.39 is 0 Å². The van der Waals surface area contributed by atoms with Crippen molar-refractivity contribution in [2.45, 2.75) is 0 Å². The summed E-state index contributed by atoms with van der Waals surface area (Å²) in [6.45, 7) is 0. The van der Waals surface area contributed by atoms with Gasteiger partial charge in [-0.1, -0.05) is 17.7 Å². The normalized spacial score (nSPS) is 8.70. The molecule has 0 atom stereocenters. The molecule has 1 rings (SSSR count). The van der Waals surface area contributed by atoms with Gasteiger partial charge in [-0.05, 0) is 44.0 Å². The minimum atomic E-state index is 0. The Labute approximate surface area is 124 Å². The summed E-state index contributed by atoms with van der Waals surface area (Å²) in [4.78, 5) is 0. The standard InChI is InChI=1S/C6H3Br2Cl.K.H/c7-4-2-1-3-5(8)6(4)9;;/h1-3H;;. The van der Waals surface area contributed by atoms with Gasteiger partial charge in [0.1, 0.15) is 0 Å². The van der Waals surface area contributed by atoms with E-state index in [2.05, 4.69) is 31.9 Å². The number of benzene rings is 1. The zero-order valence-electron chi connectivity index (χ0n) is 4.37. The van der Waals surface area contributed by atoms with Gasteiger partial charge < -0.3 is 0 Å². The van der Waals surface area contributed by atoms with Crippen LogP contribution < -0.4 is 0 Å². The van der Waals surface area contributed by atoms with Gasteiger partial charge in [0.15, 0.2) is 0 Å². The van der Waals surface area contributed by atoms with Crippen molar-refractivity contribution in [2.75, 3.05) is 0 Å². The molecule has 0 amide bonds. The van der Waals surface area contributed by atoms with E-state index in [1.54, 1.807) is 0 Å². The topological polar surface area (TPSA) is 0 Å². The third-order valence-corrected chi connectivity index (χ3v) is 3.09. The quantitative estimate of drug-likeness (QED) is 0.510. The van der Waals surface area contributed by atoms with Crippen molar-refractivity contribution in [3.05, 3.63) is 32.2 Å². The molecule has 10 heavy (non-hydrogen) atoms. The first-order valence-corrected chi connectivity index (χ1v) is 4.27. The maximum absolute atomic E-state index is 5.78. The van der Waals surface area contributed by atoms with Crippen LogP contribution in [0.1, 0.15) is 0 Å². The predicted octanol–water partition coefficient (Wildman–Crippen LogP) is 3.22. The third kappa shape index (κ3) is 3.23. The summed E-state index contributed by atoms with van der Waals surface area (Å²) in [6, 6.07) is 5.71. The van der Waals surface area contributed by atoms with E-state index in [-0.39, 0.29) is 51.4 Å². The van der Waals surface area contributed by atoms with E-state index >= 15 is 0 Å². The Morgan fingerprint density at radius 2 is 1.50 bits per heavy atom. The van der Waals surface area contributed by atoms with Crippen LogP contribution in [0.15, 0.2) is 27.1 Å². The summed E-state index contributed by atoms with van der Waals surface area (Å²) >= 11 is 12.4. The van der Waals surface area contributed by atoms with Crippen molar-refractivity contribution >= 4 is 94.8 Å². The molecule has 0 aliphatic rings. The fourth-order valence-corrected chi connectivity index (χ4v) is 1.60. The second-order valence-corrected chi connectivity index (χ2v) is 3.62. The van der Waals surface area contributed by atoms with Crippen molar-refractivity contribution in [3.8, 4) is 0 Å². The molecule has 0 N–H and O–H groups in total. The van der Waals surface area contributed by atoms with E-state index in [0.29, 0.717) is 0 Å². The van der Waals surface area contributed by atoms with Crippen molar-refractivity contribution in [1.82, 2.24) is 0 Å². The molecule has 1 aromatic carbocycles. The van der Waals surface area contributed by atoms with Crippen molar-refractivity contribution < 1.29 is 0 Å². The first kappa shape index (κ1) is 12.1. The first-order valence-electron chi connectivity index (χ1n) is 2.31. The Balaban J connectivity index is 0.000000810. The van der Waals surface area contributed by atoms with Gasteiger partial charge in [-0.25, -0.2) is 0 Å². The zero-order chi connectivity index (χ0) is 6.85. The number of rotatable bonds is 0. The fraction of sp³-hybridized carbons (Fsp3) is 0. The Bertz CT molecular complexity index is 207. The van der Waals surface area contributed by atoms with E-state index in [1.807, 2.05) is 18.2 Å². The second kappa shape index (κ2) is 5.70. The molecule has 0 aliphatic carbocycles. The molecule has 50 valence electrons. The van der Waals surface area contributed by atoms with Crippen LogP contribution in [0.4, 0.5) is 0 Å². The van der Waals surface area contributed by atoms with Crippen molar-refractivity contribution in [2.24, 2.45) is 0 Å². The van der Waals surface area contributed by atoms with Crippen molar-refractivity contribution in [3.63, 3.8) is 0 Å². The molecule has 4 heteroatoms. The van der Waals surface area contributed by atoms with Gasteiger partial charge in [0.2, 0.25) is 0 Å². The van der Waals surface area contributed by atoms with Crippen LogP contribution >= 0.6 is 43.5 Å². The van der Waals surface area contributed by atoms with Crippen LogP contribution in [0.2, 0.25) is 5.02 Å². The molecule has 0 saturated heterocycles. The molecule has 0 aromatic heterocycles. The molecular weight excluding hydrogens is 306 g/mol. The summed E-state index contributed by atoms with van der Waals surface area (Å²) in [5.74, 6) is 0. The molecule has 0 aliphatic heterocycles. The maximum atomic E-state index is 5.78. The molecule has 0 nitrogen and oxygen atoms in total. The molecule has 0 saturated carbocycles. The van der Waals surface area contributed by atoms with E-state index in [0.717, 1.165) is 14.0 Å². The number of halogens is 3. The summed E-state index contributed by atoms with van der Waals surface area (Å²) < 4.78 is 1.83. The Hall–Kier alpha value is 2.11. The Kier molecular flexibility index (Phi) is 6.90. The van der Waals surface area contributed by atoms with Gasteiger partial charge in [0, 0.05) is 8.95 Å². The van der Waals surface area contributed by atoms with E-state index in [9.17, 15) is 0 Å². The summed E-state index contributed by atoms with van der Waals surface area (Å²) in [5, 5.41) is 0.720. The van der Waals surface area contributed by atoms with Crippen molar-refractivity contribution in [1.29, 1.82) is 0 Å². The van der Waals surface area contributed by atoms with Crippen LogP contribution in [-0.2, 0) is 0 Å². The fourth-order valence-electron chi connectivity index (χ4n) is 0.477.